The number of halogens is 1. The molecule has 0 aromatic heterocycles. The van der Waals surface area contributed by atoms with E-state index >= 15 is 0 Å². The van der Waals surface area contributed by atoms with Crippen LogP contribution in [0.4, 0.5) is 4.39 Å². The van der Waals surface area contributed by atoms with Gasteiger partial charge in [0.2, 0.25) is 5.91 Å². The third-order valence-corrected chi connectivity index (χ3v) is 6.87. The van der Waals surface area contributed by atoms with Gasteiger partial charge in [-0.3, -0.25) is 14.6 Å². The summed E-state index contributed by atoms with van der Waals surface area (Å²) in [5.41, 5.74) is 3.23. The lowest BCUT2D eigenvalue weighted by Crippen LogP contribution is -2.40. The van der Waals surface area contributed by atoms with Gasteiger partial charge in [-0.15, -0.1) is 0 Å². The van der Waals surface area contributed by atoms with E-state index in [1.165, 1.54) is 56.0 Å². The molecule has 0 atom stereocenters. The summed E-state index contributed by atoms with van der Waals surface area (Å²) in [5.74, 6) is 0.0473. The molecule has 1 N–H and O–H groups in total. The Labute approximate surface area is 191 Å². The predicted octanol–water partition coefficient (Wildman–Crippen LogP) is 4.73. The van der Waals surface area contributed by atoms with Gasteiger partial charge >= 0.3 is 0 Å². The quantitative estimate of drug-likeness (QED) is 0.680. The smallest absolute Gasteiger partial charge is 0.223 e. The van der Waals surface area contributed by atoms with Crippen LogP contribution >= 0.6 is 0 Å². The van der Waals surface area contributed by atoms with E-state index in [1.807, 2.05) is 12.1 Å². The highest BCUT2D eigenvalue weighted by molar-refractivity contribution is 5.78. The first-order chi connectivity index (χ1) is 15.7. The van der Waals surface area contributed by atoms with Gasteiger partial charge in [-0.1, -0.05) is 55.3 Å². The lowest BCUT2D eigenvalue weighted by atomic mass is 9.95. The summed E-state index contributed by atoms with van der Waals surface area (Å²) < 4.78 is 13.9. The van der Waals surface area contributed by atoms with Crippen molar-refractivity contribution in [1.82, 2.24) is 15.1 Å². The monoisotopic (exact) mass is 437 g/mol. The molecule has 0 saturated carbocycles. The molecule has 2 fully saturated rings. The topological polar surface area (TPSA) is 35.6 Å². The fourth-order valence-electron chi connectivity index (χ4n) is 4.94. The number of amides is 1. The molecule has 32 heavy (non-hydrogen) atoms. The van der Waals surface area contributed by atoms with Gasteiger partial charge in [-0.25, -0.2) is 4.39 Å². The van der Waals surface area contributed by atoms with Crippen LogP contribution in [0.2, 0.25) is 0 Å². The van der Waals surface area contributed by atoms with Crippen LogP contribution in [0, 0.1) is 11.7 Å². The standard InChI is InChI=1S/C27H36FN3O/c28-26-11-4-3-10-25(26)21-31-16-12-24(13-17-31)27(32)29-19-22-8-7-9-23(18-22)20-30-14-5-1-2-6-15-30/h3-4,7-11,18,24H,1-2,5-6,12-17,19-21H2,(H,29,32). The van der Waals surface area contributed by atoms with Crippen molar-refractivity contribution in [1.29, 1.82) is 0 Å². The zero-order valence-corrected chi connectivity index (χ0v) is 19.1. The lowest BCUT2D eigenvalue weighted by Gasteiger charge is -2.31. The Hall–Kier alpha value is -2.24. The average molecular weight is 438 g/mol. The minimum Gasteiger partial charge on any atom is -0.352 e. The molecule has 0 radical (unpaired) electrons. The first-order valence-corrected chi connectivity index (χ1v) is 12.2. The highest BCUT2D eigenvalue weighted by Gasteiger charge is 2.25. The van der Waals surface area contributed by atoms with E-state index in [4.69, 9.17) is 0 Å². The molecule has 0 aliphatic carbocycles. The number of hydrogen-bond acceptors (Lipinski definition) is 3. The summed E-state index contributed by atoms with van der Waals surface area (Å²) in [6, 6.07) is 15.6. The molecule has 4 rings (SSSR count). The van der Waals surface area contributed by atoms with Crippen LogP contribution in [0.15, 0.2) is 48.5 Å². The molecule has 2 heterocycles. The Morgan fingerprint density at radius 2 is 1.53 bits per heavy atom. The molecular formula is C27H36FN3O. The molecule has 4 nitrogen and oxygen atoms in total. The van der Waals surface area contributed by atoms with Gasteiger partial charge in [0.05, 0.1) is 0 Å². The minimum atomic E-state index is -0.148. The van der Waals surface area contributed by atoms with Crippen LogP contribution in [0.3, 0.4) is 0 Å². The third kappa shape index (κ3) is 6.63. The Morgan fingerprint density at radius 3 is 2.28 bits per heavy atom. The second-order valence-corrected chi connectivity index (χ2v) is 9.37. The Morgan fingerprint density at radius 1 is 0.844 bits per heavy atom. The number of nitrogens with zero attached hydrogens (tertiary/aromatic N) is 2. The Bertz CT molecular complexity index is 871. The summed E-state index contributed by atoms with van der Waals surface area (Å²) >= 11 is 0. The second kappa shape index (κ2) is 11.6. The zero-order chi connectivity index (χ0) is 22.2. The summed E-state index contributed by atoms with van der Waals surface area (Å²) in [5, 5.41) is 3.15. The number of nitrogens with one attached hydrogen (secondary N) is 1. The maximum atomic E-state index is 13.9. The number of piperidine rings is 1. The highest BCUT2D eigenvalue weighted by Crippen LogP contribution is 2.21. The molecule has 0 bridgehead atoms. The fraction of sp³-hybridized carbons (Fsp3) is 0.519. The van der Waals surface area contributed by atoms with Crippen molar-refractivity contribution in [3.63, 3.8) is 0 Å². The number of rotatable bonds is 7. The third-order valence-electron chi connectivity index (χ3n) is 6.87. The molecular weight excluding hydrogens is 401 g/mol. The van der Waals surface area contributed by atoms with Crippen LogP contribution < -0.4 is 5.32 Å². The molecule has 2 aliphatic rings. The number of likely N-dealkylation sites (tertiary alicyclic amines) is 2. The molecule has 172 valence electrons. The maximum absolute atomic E-state index is 13.9. The van der Waals surface area contributed by atoms with E-state index in [0.29, 0.717) is 13.1 Å². The van der Waals surface area contributed by atoms with E-state index in [1.54, 1.807) is 6.07 Å². The van der Waals surface area contributed by atoms with Gasteiger partial charge < -0.3 is 5.32 Å². The van der Waals surface area contributed by atoms with Gasteiger partial charge in [-0.2, -0.15) is 0 Å². The summed E-state index contributed by atoms with van der Waals surface area (Å²) in [4.78, 5) is 17.5. The first kappa shape index (κ1) is 22.9. The molecule has 0 unspecified atom stereocenters. The second-order valence-electron chi connectivity index (χ2n) is 9.37. The Kier molecular flexibility index (Phi) is 8.30. The van der Waals surface area contributed by atoms with Gasteiger partial charge in [0, 0.05) is 31.1 Å². The number of carbonyl (C=O) groups excluding carboxylic acids is 1. The molecule has 5 heteroatoms. The van der Waals surface area contributed by atoms with Gasteiger partial charge in [0.1, 0.15) is 5.82 Å². The van der Waals surface area contributed by atoms with Crippen molar-refractivity contribution in [2.24, 2.45) is 5.92 Å². The van der Waals surface area contributed by atoms with Gasteiger partial charge in [-0.05, 0) is 69.1 Å². The van der Waals surface area contributed by atoms with E-state index in [-0.39, 0.29) is 17.6 Å². The average Bonchev–Trinajstić information content (AvgIpc) is 3.08. The predicted molar refractivity (Wildman–Crippen MR) is 126 cm³/mol. The normalized spacial score (nSPS) is 18.9. The largest absolute Gasteiger partial charge is 0.352 e. The van der Waals surface area contributed by atoms with Crippen LogP contribution in [0.25, 0.3) is 0 Å². The van der Waals surface area contributed by atoms with Crippen molar-refractivity contribution in [3.8, 4) is 0 Å². The lowest BCUT2D eigenvalue weighted by molar-refractivity contribution is -0.126. The van der Waals surface area contributed by atoms with Crippen molar-refractivity contribution >= 4 is 5.91 Å². The minimum absolute atomic E-state index is 0.0483. The molecule has 2 saturated heterocycles. The molecule has 2 aromatic rings. The molecule has 2 aromatic carbocycles. The van der Waals surface area contributed by atoms with Crippen molar-refractivity contribution < 1.29 is 9.18 Å². The van der Waals surface area contributed by atoms with E-state index in [9.17, 15) is 9.18 Å². The summed E-state index contributed by atoms with van der Waals surface area (Å²) in [6.45, 7) is 6.25. The number of benzene rings is 2. The summed E-state index contributed by atoms with van der Waals surface area (Å²) in [6.07, 6.45) is 6.96. The van der Waals surface area contributed by atoms with Crippen molar-refractivity contribution in [2.45, 2.75) is 58.2 Å². The number of carbonyl (C=O) groups is 1. The van der Waals surface area contributed by atoms with Crippen LogP contribution in [0.1, 0.15) is 55.2 Å². The van der Waals surface area contributed by atoms with Crippen molar-refractivity contribution in [2.75, 3.05) is 26.2 Å². The zero-order valence-electron chi connectivity index (χ0n) is 19.1. The number of hydrogen-bond donors (Lipinski definition) is 1. The molecule has 1 amide bonds. The van der Waals surface area contributed by atoms with Crippen LogP contribution in [-0.2, 0) is 24.4 Å². The van der Waals surface area contributed by atoms with Crippen LogP contribution in [-0.4, -0.2) is 41.9 Å². The molecule has 0 spiro atoms. The fourth-order valence-corrected chi connectivity index (χ4v) is 4.94. The van der Waals surface area contributed by atoms with E-state index in [2.05, 4.69) is 39.4 Å². The SMILES string of the molecule is O=C(NCc1cccc(CN2CCCCCC2)c1)C1CCN(Cc2ccccc2F)CC1. The van der Waals surface area contributed by atoms with E-state index < -0.39 is 0 Å². The first-order valence-electron chi connectivity index (χ1n) is 12.2. The van der Waals surface area contributed by atoms with Crippen molar-refractivity contribution in [3.05, 3.63) is 71.0 Å². The van der Waals surface area contributed by atoms with E-state index in [0.717, 1.165) is 38.0 Å². The van der Waals surface area contributed by atoms with Gasteiger partial charge in [0.25, 0.3) is 0 Å². The highest BCUT2D eigenvalue weighted by atomic mass is 19.1. The van der Waals surface area contributed by atoms with Crippen LogP contribution in [0.5, 0.6) is 0 Å². The maximum Gasteiger partial charge on any atom is 0.223 e. The summed E-state index contributed by atoms with van der Waals surface area (Å²) in [7, 11) is 0. The van der Waals surface area contributed by atoms with Gasteiger partial charge in [0.15, 0.2) is 0 Å². The Balaban J connectivity index is 1.21. The molecule has 2 aliphatic heterocycles.